The lowest BCUT2D eigenvalue weighted by atomic mass is 10.0. The average Bonchev–Trinajstić information content (AvgIpc) is 3.01. The van der Waals surface area contributed by atoms with Gasteiger partial charge in [0.15, 0.2) is 5.60 Å². The van der Waals surface area contributed by atoms with Crippen molar-refractivity contribution in [1.82, 2.24) is 10.3 Å². The zero-order chi connectivity index (χ0) is 25.8. The molecule has 1 fully saturated rings. The van der Waals surface area contributed by atoms with E-state index in [1.807, 2.05) is 36.4 Å². The number of methoxy groups -OCH3 is 1. The van der Waals surface area contributed by atoms with Gasteiger partial charge in [0.05, 0.1) is 18.9 Å². The highest BCUT2D eigenvalue weighted by molar-refractivity contribution is 6.03. The van der Waals surface area contributed by atoms with E-state index in [1.54, 1.807) is 32.4 Å². The Kier molecular flexibility index (Phi) is 6.77. The Morgan fingerprint density at radius 2 is 1.95 bits per heavy atom. The quantitative estimate of drug-likeness (QED) is 0.539. The summed E-state index contributed by atoms with van der Waals surface area (Å²) in [5.41, 5.74) is 0.779. The first-order chi connectivity index (χ1) is 18.0. The Morgan fingerprint density at radius 1 is 1.14 bits per heavy atom. The Hall–Kier alpha value is -4.39. The highest BCUT2D eigenvalue weighted by atomic mass is 16.6. The molecule has 0 bridgehead atoms. The molecule has 2 aliphatic heterocycles. The third-order valence-electron chi connectivity index (χ3n) is 6.10. The van der Waals surface area contributed by atoms with Gasteiger partial charge in [-0.05, 0) is 36.4 Å². The molecule has 1 aromatic heterocycles. The van der Waals surface area contributed by atoms with E-state index < -0.39 is 17.6 Å². The minimum Gasteiger partial charge on any atom is -0.489 e. The number of amides is 2. The number of carbonyl (C=O) groups is 2. The SMILES string of the molecule is COC1(C#Cc2ccc3c(c2)N(C)C(=O)C(NC(=O)c2cc(Oc4ccccc4)ccn2)CO3)COC1. The number of fused-ring (bicyclic) bond motifs is 1. The molecule has 0 aliphatic carbocycles. The van der Waals surface area contributed by atoms with Crippen LogP contribution in [-0.2, 0) is 14.3 Å². The Labute approximate surface area is 214 Å². The van der Waals surface area contributed by atoms with Crippen LogP contribution in [0.2, 0.25) is 0 Å². The van der Waals surface area contributed by atoms with Crippen molar-refractivity contribution in [1.29, 1.82) is 0 Å². The average molecular weight is 500 g/mol. The monoisotopic (exact) mass is 499 g/mol. The molecule has 9 heteroatoms. The van der Waals surface area contributed by atoms with Crippen LogP contribution in [0.3, 0.4) is 0 Å². The summed E-state index contributed by atoms with van der Waals surface area (Å²) in [6.07, 6.45) is 1.48. The Morgan fingerprint density at radius 3 is 2.68 bits per heavy atom. The number of para-hydroxylation sites is 1. The maximum atomic E-state index is 13.2. The highest BCUT2D eigenvalue weighted by Gasteiger charge is 2.37. The fraction of sp³-hybridized carbons (Fsp3) is 0.250. The Bertz CT molecular complexity index is 1370. The van der Waals surface area contributed by atoms with E-state index in [-0.39, 0.29) is 18.2 Å². The van der Waals surface area contributed by atoms with Gasteiger partial charge in [-0.2, -0.15) is 0 Å². The van der Waals surface area contributed by atoms with E-state index in [9.17, 15) is 9.59 Å². The highest BCUT2D eigenvalue weighted by Crippen LogP contribution is 2.32. The summed E-state index contributed by atoms with van der Waals surface area (Å²) in [7, 11) is 3.24. The molecule has 1 saturated heterocycles. The number of carbonyl (C=O) groups excluding carboxylic acids is 2. The number of nitrogens with one attached hydrogen (secondary N) is 1. The third-order valence-corrected chi connectivity index (χ3v) is 6.10. The topological polar surface area (TPSA) is 99.2 Å². The molecule has 2 aliphatic rings. The lowest BCUT2D eigenvalue weighted by Crippen LogP contribution is -2.50. The molecule has 0 saturated carbocycles. The van der Waals surface area contributed by atoms with Crippen molar-refractivity contribution in [2.24, 2.45) is 0 Å². The summed E-state index contributed by atoms with van der Waals surface area (Å²) in [6.45, 7) is 0.804. The van der Waals surface area contributed by atoms with Crippen LogP contribution in [-0.4, -0.2) is 62.4 Å². The number of anilines is 1. The van der Waals surface area contributed by atoms with Crippen molar-refractivity contribution in [3.63, 3.8) is 0 Å². The van der Waals surface area contributed by atoms with Crippen LogP contribution < -0.4 is 19.7 Å². The number of hydrogen-bond donors (Lipinski definition) is 1. The Balaban J connectivity index is 1.29. The number of likely N-dealkylation sites (N-methyl/N-ethyl adjacent to an activating group) is 1. The molecule has 0 radical (unpaired) electrons. The molecule has 2 amide bonds. The summed E-state index contributed by atoms with van der Waals surface area (Å²) in [4.78, 5) is 31.8. The van der Waals surface area contributed by atoms with Gasteiger partial charge in [0.2, 0.25) is 0 Å². The van der Waals surface area contributed by atoms with E-state index >= 15 is 0 Å². The van der Waals surface area contributed by atoms with Gasteiger partial charge in [-0.15, -0.1) is 0 Å². The zero-order valence-corrected chi connectivity index (χ0v) is 20.4. The standard InChI is InChI=1S/C28H25N3O6/c1-31-24-14-19(10-12-28(34-2)17-35-18-28)8-9-25(24)36-16-23(27(31)33)30-26(32)22-15-21(11-13-29-22)37-20-6-4-3-5-7-20/h3-9,11,13-15,23H,16-18H2,1-2H3,(H,30,32). The molecule has 37 heavy (non-hydrogen) atoms. The molecule has 9 nitrogen and oxygen atoms in total. The molecule has 2 aromatic carbocycles. The van der Waals surface area contributed by atoms with Crippen molar-refractivity contribution < 1.29 is 28.5 Å². The molecule has 3 aromatic rings. The zero-order valence-electron chi connectivity index (χ0n) is 20.4. The van der Waals surface area contributed by atoms with E-state index in [0.29, 0.717) is 41.7 Å². The number of nitrogens with zero attached hydrogens (tertiary/aromatic N) is 2. The van der Waals surface area contributed by atoms with Gasteiger partial charge in [-0.25, -0.2) is 0 Å². The number of rotatable bonds is 5. The van der Waals surface area contributed by atoms with Gasteiger partial charge in [0, 0.05) is 32.0 Å². The molecule has 1 unspecified atom stereocenters. The first kappa shape index (κ1) is 24.3. The molecule has 3 heterocycles. The van der Waals surface area contributed by atoms with Crippen molar-refractivity contribution >= 4 is 17.5 Å². The van der Waals surface area contributed by atoms with Crippen LogP contribution in [0.5, 0.6) is 17.2 Å². The summed E-state index contributed by atoms with van der Waals surface area (Å²) < 4.78 is 22.3. The van der Waals surface area contributed by atoms with E-state index in [1.165, 1.54) is 17.2 Å². The number of benzene rings is 2. The molecular formula is C28H25N3O6. The van der Waals surface area contributed by atoms with Crippen molar-refractivity contribution in [3.8, 4) is 29.1 Å². The largest absolute Gasteiger partial charge is 0.489 e. The van der Waals surface area contributed by atoms with Gasteiger partial charge in [0.1, 0.15) is 35.6 Å². The second kappa shape index (κ2) is 10.3. The molecule has 1 atom stereocenters. The third kappa shape index (κ3) is 5.26. The second-order valence-corrected chi connectivity index (χ2v) is 8.65. The van der Waals surface area contributed by atoms with Crippen LogP contribution >= 0.6 is 0 Å². The van der Waals surface area contributed by atoms with Gasteiger partial charge in [-0.1, -0.05) is 30.0 Å². The fourth-order valence-corrected chi connectivity index (χ4v) is 3.85. The van der Waals surface area contributed by atoms with Crippen LogP contribution in [0.15, 0.2) is 66.9 Å². The van der Waals surface area contributed by atoms with Gasteiger partial charge < -0.3 is 29.2 Å². The summed E-state index contributed by atoms with van der Waals surface area (Å²) in [6, 6.07) is 16.8. The van der Waals surface area contributed by atoms with Gasteiger partial charge >= 0.3 is 0 Å². The number of hydrogen-bond acceptors (Lipinski definition) is 7. The van der Waals surface area contributed by atoms with Gasteiger partial charge in [0.25, 0.3) is 11.8 Å². The first-order valence-corrected chi connectivity index (χ1v) is 11.7. The van der Waals surface area contributed by atoms with Crippen LogP contribution in [0, 0.1) is 11.8 Å². The summed E-state index contributed by atoms with van der Waals surface area (Å²) >= 11 is 0. The van der Waals surface area contributed by atoms with E-state index in [4.69, 9.17) is 18.9 Å². The van der Waals surface area contributed by atoms with Crippen molar-refractivity contribution in [2.75, 3.05) is 38.9 Å². The second-order valence-electron chi connectivity index (χ2n) is 8.65. The lowest BCUT2D eigenvalue weighted by molar-refractivity contribution is -0.159. The summed E-state index contributed by atoms with van der Waals surface area (Å²) in [5, 5.41) is 2.73. The predicted molar refractivity (Wildman–Crippen MR) is 135 cm³/mol. The fourth-order valence-electron chi connectivity index (χ4n) is 3.85. The number of ether oxygens (including phenoxy) is 4. The summed E-state index contributed by atoms with van der Waals surface area (Å²) in [5.74, 6) is 6.96. The maximum absolute atomic E-state index is 13.2. The molecule has 188 valence electrons. The van der Waals surface area contributed by atoms with E-state index in [0.717, 1.165) is 0 Å². The van der Waals surface area contributed by atoms with Gasteiger partial charge in [-0.3, -0.25) is 14.6 Å². The molecule has 5 rings (SSSR count). The number of aromatic nitrogens is 1. The molecule has 1 N–H and O–H groups in total. The van der Waals surface area contributed by atoms with Crippen LogP contribution in [0.1, 0.15) is 16.1 Å². The maximum Gasteiger partial charge on any atom is 0.270 e. The number of pyridine rings is 1. The lowest BCUT2D eigenvalue weighted by Gasteiger charge is -2.35. The first-order valence-electron chi connectivity index (χ1n) is 11.7. The minimum atomic E-state index is -0.913. The smallest absolute Gasteiger partial charge is 0.270 e. The minimum absolute atomic E-state index is 0.0305. The van der Waals surface area contributed by atoms with Crippen LogP contribution in [0.4, 0.5) is 5.69 Å². The van der Waals surface area contributed by atoms with E-state index in [2.05, 4.69) is 22.1 Å². The van der Waals surface area contributed by atoms with Crippen molar-refractivity contribution in [3.05, 3.63) is 78.1 Å². The van der Waals surface area contributed by atoms with Crippen LogP contribution in [0.25, 0.3) is 0 Å². The molecule has 0 spiro atoms. The predicted octanol–water partition coefficient (Wildman–Crippen LogP) is 2.79. The normalized spacial score (nSPS) is 17.7. The van der Waals surface area contributed by atoms with Crippen molar-refractivity contribution in [2.45, 2.75) is 11.6 Å². The molecular weight excluding hydrogens is 474 g/mol.